The van der Waals surface area contributed by atoms with Crippen LogP contribution in [0.3, 0.4) is 0 Å². The van der Waals surface area contributed by atoms with Crippen LogP contribution in [0, 0.1) is 0 Å². The van der Waals surface area contributed by atoms with E-state index in [0.717, 1.165) is 17.0 Å². The Morgan fingerprint density at radius 2 is 2.04 bits per heavy atom. The topological polar surface area (TPSA) is 73.3 Å². The lowest BCUT2D eigenvalue weighted by Gasteiger charge is -2.07. The highest BCUT2D eigenvalue weighted by Gasteiger charge is 2.08. The van der Waals surface area contributed by atoms with Crippen LogP contribution in [0.1, 0.15) is 5.56 Å². The number of anilines is 1. The first-order valence-corrected chi connectivity index (χ1v) is 8.65. The molecule has 132 valence electrons. The van der Waals surface area contributed by atoms with Gasteiger partial charge in [-0.05, 0) is 36.4 Å². The third-order valence-electron chi connectivity index (χ3n) is 3.51. The largest absolute Gasteiger partial charge is 0.497 e. The van der Waals surface area contributed by atoms with Gasteiger partial charge in [-0.3, -0.25) is 15.1 Å². The molecule has 0 aliphatic carbocycles. The molecule has 1 amide bonds. The highest BCUT2D eigenvalue weighted by molar-refractivity contribution is 7.14. The van der Waals surface area contributed by atoms with Gasteiger partial charge in [-0.15, -0.1) is 11.3 Å². The molecule has 6 nitrogen and oxygen atoms in total. The third kappa shape index (κ3) is 4.25. The molecule has 3 aromatic rings. The zero-order valence-corrected chi connectivity index (χ0v) is 15.1. The minimum Gasteiger partial charge on any atom is -0.497 e. The van der Waals surface area contributed by atoms with Crippen LogP contribution >= 0.6 is 11.3 Å². The van der Waals surface area contributed by atoms with Gasteiger partial charge in [-0.2, -0.15) is 0 Å². The number of carbonyl (C=O) groups excluding carboxylic acids is 1. The van der Waals surface area contributed by atoms with Crippen molar-refractivity contribution in [1.29, 1.82) is 0 Å². The van der Waals surface area contributed by atoms with Crippen LogP contribution in [0.15, 0.2) is 54.1 Å². The Hall–Kier alpha value is -3.19. The summed E-state index contributed by atoms with van der Waals surface area (Å²) in [4.78, 5) is 20.8. The fraction of sp³-hybridized carbons (Fsp3) is 0.105. The molecule has 0 fully saturated rings. The van der Waals surface area contributed by atoms with Gasteiger partial charge in [0.05, 0.1) is 19.9 Å². The van der Waals surface area contributed by atoms with Gasteiger partial charge in [-0.1, -0.05) is 6.07 Å². The van der Waals surface area contributed by atoms with Crippen molar-refractivity contribution in [1.82, 2.24) is 9.97 Å². The van der Waals surface area contributed by atoms with Crippen LogP contribution in [0.4, 0.5) is 5.13 Å². The van der Waals surface area contributed by atoms with E-state index in [1.807, 2.05) is 23.6 Å². The Labute approximate surface area is 155 Å². The molecule has 0 bridgehead atoms. The lowest BCUT2D eigenvalue weighted by molar-refractivity contribution is -0.111. The summed E-state index contributed by atoms with van der Waals surface area (Å²) in [5, 5.41) is 5.12. The van der Waals surface area contributed by atoms with E-state index in [1.54, 1.807) is 44.7 Å². The smallest absolute Gasteiger partial charge is 0.250 e. The zero-order chi connectivity index (χ0) is 18.4. The van der Waals surface area contributed by atoms with Crippen molar-refractivity contribution in [2.45, 2.75) is 0 Å². The van der Waals surface area contributed by atoms with E-state index in [4.69, 9.17) is 9.47 Å². The van der Waals surface area contributed by atoms with Gasteiger partial charge in [0.2, 0.25) is 5.91 Å². The fourth-order valence-electron chi connectivity index (χ4n) is 2.25. The first kappa shape index (κ1) is 17.6. The van der Waals surface area contributed by atoms with Crippen LogP contribution < -0.4 is 14.8 Å². The summed E-state index contributed by atoms with van der Waals surface area (Å²) in [6.45, 7) is 0. The highest BCUT2D eigenvalue weighted by Crippen LogP contribution is 2.26. The molecule has 0 spiro atoms. The molecule has 7 heteroatoms. The minimum absolute atomic E-state index is 0.281. The second-order valence-corrected chi connectivity index (χ2v) is 6.04. The van der Waals surface area contributed by atoms with Crippen molar-refractivity contribution >= 4 is 28.5 Å². The van der Waals surface area contributed by atoms with Crippen LogP contribution in [0.25, 0.3) is 17.5 Å². The van der Waals surface area contributed by atoms with E-state index in [-0.39, 0.29) is 5.91 Å². The van der Waals surface area contributed by atoms with E-state index < -0.39 is 0 Å². The number of hydrogen-bond donors (Lipinski definition) is 1. The van der Waals surface area contributed by atoms with E-state index >= 15 is 0 Å². The summed E-state index contributed by atoms with van der Waals surface area (Å²) < 4.78 is 10.5. The SMILES string of the molecule is COc1ccc(OC)c(/C=C/C(=O)Nc2nc(-c3ccccn3)cs2)c1. The minimum atomic E-state index is -0.281. The van der Waals surface area contributed by atoms with E-state index in [0.29, 0.717) is 16.6 Å². The lowest BCUT2D eigenvalue weighted by Crippen LogP contribution is -2.07. The summed E-state index contributed by atoms with van der Waals surface area (Å²) in [6, 6.07) is 11.0. The molecule has 2 heterocycles. The third-order valence-corrected chi connectivity index (χ3v) is 4.27. The lowest BCUT2D eigenvalue weighted by atomic mass is 10.1. The summed E-state index contributed by atoms with van der Waals surface area (Å²) in [7, 11) is 3.16. The second kappa shape index (κ2) is 8.26. The molecule has 0 radical (unpaired) electrons. The number of nitrogens with one attached hydrogen (secondary N) is 1. The van der Waals surface area contributed by atoms with Gasteiger partial charge in [0.1, 0.15) is 17.2 Å². The fourth-order valence-corrected chi connectivity index (χ4v) is 2.95. The molecule has 0 atom stereocenters. The number of thiazole rings is 1. The van der Waals surface area contributed by atoms with Crippen molar-refractivity contribution in [2.24, 2.45) is 0 Å². The molecule has 0 unspecified atom stereocenters. The Morgan fingerprint density at radius 3 is 2.77 bits per heavy atom. The number of benzene rings is 1. The van der Waals surface area contributed by atoms with E-state index in [9.17, 15) is 4.79 Å². The van der Waals surface area contributed by atoms with Gasteiger partial charge in [0, 0.05) is 23.2 Å². The van der Waals surface area contributed by atoms with E-state index in [2.05, 4.69) is 15.3 Å². The van der Waals surface area contributed by atoms with Crippen LogP contribution in [-0.2, 0) is 4.79 Å². The summed E-state index contributed by atoms with van der Waals surface area (Å²) >= 11 is 1.35. The van der Waals surface area contributed by atoms with Crippen LogP contribution in [0.5, 0.6) is 11.5 Å². The normalized spacial score (nSPS) is 10.7. The summed E-state index contributed by atoms with van der Waals surface area (Å²) in [5.74, 6) is 1.06. The molecule has 2 aromatic heterocycles. The van der Waals surface area contributed by atoms with Crippen molar-refractivity contribution in [3.8, 4) is 22.9 Å². The predicted molar refractivity (Wildman–Crippen MR) is 103 cm³/mol. The number of amides is 1. The molecule has 0 saturated heterocycles. The first-order chi connectivity index (χ1) is 12.7. The van der Waals surface area contributed by atoms with Crippen molar-refractivity contribution < 1.29 is 14.3 Å². The molecule has 26 heavy (non-hydrogen) atoms. The maximum atomic E-state index is 12.2. The predicted octanol–water partition coefficient (Wildman–Crippen LogP) is 3.87. The second-order valence-electron chi connectivity index (χ2n) is 5.18. The van der Waals surface area contributed by atoms with Gasteiger partial charge in [0.25, 0.3) is 0 Å². The zero-order valence-electron chi connectivity index (χ0n) is 14.3. The molecule has 0 saturated carbocycles. The van der Waals surface area contributed by atoms with Gasteiger partial charge < -0.3 is 9.47 Å². The molecule has 3 rings (SSSR count). The molecular weight excluding hydrogens is 350 g/mol. The average Bonchev–Trinajstić information content (AvgIpc) is 3.15. The number of rotatable bonds is 6. The van der Waals surface area contributed by atoms with Crippen molar-refractivity contribution in [3.63, 3.8) is 0 Å². The number of pyridine rings is 1. The summed E-state index contributed by atoms with van der Waals surface area (Å²) in [6.07, 6.45) is 4.81. The van der Waals surface area contributed by atoms with Gasteiger partial charge in [-0.25, -0.2) is 4.98 Å². The maximum Gasteiger partial charge on any atom is 0.250 e. The first-order valence-electron chi connectivity index (χ1n) is 7.77. The van der Waals surface area contributed by atoms with Gasteiger partial charge in [0.15, 0.2) is 5.13 Å². The number of carbonyl (C=O) groups is 1. The monoisotopic (exact) mass is 367 g/mol. The average molecular weight is 367 g/mol. The Balaban J connectivity index is 1.70. The quantitative estimate of drug-likeness (QED) is 0.670. The Kier molecular flexibility index (Phi) is 5.60. The molecule has 0 aliphatic rings. The molecule has 1 aromatic carbocycles. The van der Waals surface area contributed by atoms with E-state index in [1.165, 1.54) is 17.4 Å². The number of ether oxygens (including phenoxy) is 2. The molecule has 1 N–H and O–H groups in total. The maximum absolute atomic E-state index is 12.2. The number of nitrogens with zero attached hydrogens (tertiary/aromatic N) is 2. The Morgan fingerprint density at radius 1 is 1.15 bits per heavy atom. The Bertz CT molecular complexity index is 923. The molecular formula is C19H17N3O3S. The van der Waals surface area contributed by atoms with Crippen LogP contribution in [0.2, 0.25) is 0 Å². The number of aromatic nitrogens is 2. The number of hydrogen-bond acceptors (Lipinski definition) is 6. The highest BCUT2D eigenvalue weighted by atomic mass is 32.1. The van der Waals surface area contributed by atoms with Crippen LogP contribution in [-0.4, -0.2) is 30.1 Å². The van der Waals surface area contributed by atoms with Gasteiger partial charge >= 0.3 is 0 Å². The molecule has 0 aliphatic heterocycles. The summed E-state index contributed by atoms with van der Waals surface area (Å²) in [5.41, 5.74) is 2.24. The van der Waals surface area contributed by atoms with Crippen molar-refractivity contribution in [2.75, 3.05) is 19.5 Å². The number of methoxy groups -OCH3 is 2. The van der Waals surface area contributed by atoms with Crippen molar-refractivity contribution in [3.05, 3.63) is 59.6 Å². The standard InChI is InChI=1S/C19H17N3O3S/c1-24-14-7-8-17(25-2)13(11-14)6-9-18(23)22-19-21-16(12-26-19)15-5-3-4-10-20-15/h3-12H,1-2H3,(H,21,22,23)/b9-6+.